The second kappa shape index (κ2) is 16.2. The van der Waals surface area contributed by atoms with Crippen molar-refractivity contribution in [3.63, 3.8) is 0 Å². The predicted molar refractivity (Wildman–Crippen MR) is 211 cm³/mol. The third-order valence-electron chi connectivity index (χ3n) is 12.4. The van der Waals surface area contributed by atoms with Gasteiger partial charge in [-0.3, -0.25) is 24.1 Å². The Balaban J connectivity index is 1.25. The van der Waals surface area contributed by atoms with Crippen molar-refractivity contribution in [2.75, 3.05) is 33.4 Å². The number of methoxy groups -OCH3 is 1. The number of pyridine rings is 1. The van der Waals surface area contributed by atoms with Gasteiger partial charge in [-0.2, -0.15) is 0 Å². The molecule has 5 atom stereocenters. The number of sulfonamides is 1. The minimum absolute atomic E-state index is 0.115. The standard InChI is InChI=1S/C41H54N6O8S/c1-5-25(2)41(3,39(50)45-56(52,53)32-15-16-32)44-37(48)35-19-26-18-33-28(20-29-13-14-30(54-4)21-34(29)42-33)12-9-17-55-31-23-46(24-31)40(51)43-36(38(49)47(35)22-26)27-10-7-6-8-11-27/h5,9,12-14,20-21,25-27,31-32,35-36H,1,6-8,10-11,15-19,22-24H2,2-4H3,(H,43,51)(H,44,48)(H,45,50)/b12-9+/t25-,26+,35-,36-,41+/m0/s1. The third-order valence-corrected chi connectivity index (χ3v) is 14.3. The van der Waals surface area contributed by atoms with E-state index in [1.54, 1.807) is 23.8 Å². The molecule has 2 saturated heterocycles. The molecule has 0 spiro atoms. The number of hydrogen-bond acceptors (Lipinski definition) is 9. The van der Waals surface area contributed by atoms with Gasteiger partial charge in [-0.1, -0.05) is 44.4 Å². The van der Waals surface area contributed by atoms with Gasteiger partial charge in [0.2, 0.25) is 21.8 Å². The summed E-state index contributed by atoms with van der Waals surface area (Å²) in [5.74, 6) is -2.14. The van der Waals surface area contributed by atoms with Crippen LogP contribution in [0.3, 0.4) is 0 Å². The quantitative estimate of drug-likeness (QED) is 0.320. The number of nitrogens with zero attached hydrogens (tertiary/aromatic N) is 3. The molecular weight excluding hydrogens is 737 g/mol. The number of benzene rings is 1. The van der Waals surface area contributed by atoms with Crippen molar-refractivity contribution >= 4 is 50.8 Å². The Morgan fingerprint density at radius 1 is 1.11 bits per heavy atom. The number of hydrogen-bond donors (Lipinski definition) is 3. The lowest BCUT2D eigenvalue weighted by Gasteiger charge is -2.41. The summed E-state index contributed by atoms with van der Waals surface area (Å²) in [4.78, 5) is 65.3. The summed E-state index contributed by atoms with van der Waals surface area (Å²) in [7, 11) is -2.32. The molecule has 0 unspecified atom stereocenters. The largest absolute Gasteiger partial charge is 0.497 e. The lowest BCUT2D eigenvalue weighted by atomic mass is 9.83. The Bertz CT molecular complexity index is 2010. The number of carbonyl (C=O) groups excluding carboxylic acids is 4. The summed E-state index contributed by atoms with van der Waals surface area (Å²) < 4.78 is 39.5. The van der Waals surface area contributed by atoms with Crippen LogP contribution in [0.2, 0.25) is 0 Å². The first-order valence-electron chi connectivity index (χ1n) is 19.9. The Labute approximate surface area is 328 Å². The average molecular weight is 791 g/mol. The molecule has 2 aliphatic carbocycles. The van der Waals surface area contributed by atoms with Crippen LogP contribution < -0.4 is 20.1 Å². The number of ether oxygens (including phenoxy) is 2. The van der Waals surface area contributed by atoms with Crippen LogP contribution in [0, 0.1) is 17.8 Å². The smallest absolute Gasteiger partial charge is 0.318 e. The lowest BCUT2D eigenvalue weighted by Crippen LogP contribution is -2.65. The van der Waals surface area contributed by atoms with Gasteiger partial charge in [-0.05, 0) is 81.0 Å². The molecule has 3 N–H and O–H groups in total. The topological polar surface area (TPSA) is 176 Å². The Hall–Kier alpha value is -4.50. The number of aromatic nitrogens is 1. The molecular formula is C41H54N6O8S. The van der Waals surface area contributed by atoms with E-state index in [0.29, 0.717) is 44.7 Å². The molecule has 1 aromatic carbocycles. The number of nitrogens with one attached hydrogen (secondary N) is 3. The van der Waals surface area contributed by atoms with Gasteiger partial charge in [0.15, 0.2) is 0 Å². The van der Waals surface area contributed by atoms with Crippen LogP contribution in [-0.2, 0) is 35.6 Å². The first-order chi connectivity index (χ1) is 26.8. The molecule has 14 nitrogen and oxygen atoms in total. The Kier molecular flexibility index (Phi) is 11.5. The summed E-state index contributed by atoms with van der Waals surface area (Å²) in [6.45, 7) is 8.35. The van der Waals surface area contributed by atoms with Gasteiger partial charge < -0.3 is 29.9 Å². The third kappa shape index (κ3) is 8.29. The highest BCUT2D eigenvalue weighted by Crippen LogP contribution is 2.35. The monoisotopic (exact) mass is 790 g/mol. The second-order valence-corrected chi connectivity index (χ2v) is 18.3. The fourth-order valence-electron chi connectivity index (χ4n) is 8.45. The van der Waals surface area contributed by atoms with E-state index in [1.165, 1.54) is 13.0 Å². The van der Waals surface area contributed by atoms with E-state index in [4.69, 9.17) is 14.5 Å². The molecule has 8 rings (SSSR count). The zero-order valence-electron chi connectivity index (χ0n) is 32.5. The molecule has 2 aromatic rings. The maximum Gasteiger partial charge on any atom is 0.318 e. The van der Waals surface area contributed by atoms with E-state index in [0.717, 1.165) is 54.3 Å². The lowest BCUT2D eigenvalue weighted by molar-refractivity contribution is -0.143. The van der Waals surface area contributed by atoms with E-state index < -0.39 is 50.6 Å². The molecule has 0 radical (unpaired) electrons. The van der Waals surface area contributed by atoms with Gasteiger partial charge in [0.05, 0.1) is 43.7 Å². The maximum atomic E-state index is 15.0. The van der Waals surface area contributed by atoms with Crippen molar-refractivity contribution in [1.29, 1.82) is 0 Å². The van der Waals surface area contributed by atoms with Gasteiger partial charge in [-0.15, -0.1) is 6.58 Å². The minimum atomic E-state index is -3.92. The predicted octanol–water partition coefficient (Wildman–Crippen LogP) is 3.69. The van der Waals surface area contributed by atoms with Crippen molar-refractivity contribution in [2.45, 2.75) is 101 Å². The molecule has 5 amide bonds. The summed E-state index contributed by atoms with van der Waals surface area (Å²) in [5.41, 5.74) is 0.710. The minimum Gasteiger partial charge on any atom is -0.497 e. The molecule has 2 saturated carbocycles. The molecule has 6 aliphatic rings. The van der Waals surface area contributed by atoms with Gasteiger partial charge >= 0.3 is 6.03 Å². The van der Waals surface area contributed by atoms with Crippen molar-refractivity contribution < 1.29 is 37.1 Å². The van der Waals surface area contributed by atoms with Crippen molar-refractivity contribution in [2.24, 2.45) is 17.8 Å². The fraction of sp³-hybridized carbons (Fsp3) is 0.585. The summed E-state index contributed by atoms with van der Waals surface area (Å²) in [6.07, 6.45) is 11.3. The molecule has 4 aliphatic heterocycles. The highest BCUT2D eigenvalue weighted by molar-refractivity contribution is 7.91. The van der Waals surface area contributed by atoms with Crippen LogP contribution >= 0.6 is 0 Å². The van der Waals surface area contributed by atoms with Crippen LogP contribution in [0.15, 0.2) is 43.0 Å². The number of rotatable bonds is 9. The van der Waals surface area contributed by atoms with E-state index >= 15 is 0 Å². The highest BCUT2D eigenvalue weighted by Gasteiger charge is 2.49. The number of carbonyl (C=O) groups is 4. The molecule has 1 aromatic heterocycles. The van der Waals surface area contributed by atoms with Crippen LogP contribution in [0.4, 0.5) is 4.79 Å². The van der Waals surface area contributed by atoms with Crippen LogP contribution in [0.5, 0.6) is 5.75 Å². The number of fused-ring (bicyclic) bond motifs is 6. The SMILES string of the molecule is C=C[C@H](C)[C@@](C)(NC(=O)[C@@H]1C[C@H]2Cc3nc4cc(OC)ccc4cc3/C=C/COC3CN(C3)C(=O)N[C@@H](C3CCCCC3)C(=O)N1C2)C(=O)NS(=O)(=O)C1CC1. The molecule has 4 fully saturated rings. The Morgan fingerprint density at radius 2 is 1.86 bits per heavy atom. The fourth-order valence-corrected chi connectivity index (χ4v) is 9.85. The number of urea groups is 1. The van der Waals surface area contributed by atoms with Crippen molar-refractivity contribution in [1.82, 2.24) is 30.1 Å². The zero-order valence-corrected chi connectivity index (χ0v) is 33.3. The molecule has 5 heterocycles. The molecule has 15 heteroatoms. The second-order valence-electron chi connectivity index (χ2n) is 16.4. The molecule has 4 bridgehead atoms. The average Bonchev–Trinajstić information content (AvgIpc) is 3.96. The highest BCUT2D eigenvalue weighted by atomic mass is 32.2. The maximum absolute atomic E-state index is 15.0. The van der Waals surface area contributed by atoms with Gasteiger partial charge in [-0.25, -0.2) is 13.2 Å². The summed E-state index contributed by atoms with van der Waals surface area (Å²) in [5, 5.41) is 6.23. The van der Waals surface area contributed by atoms with Crippen LogP contribution in [-0.4, -0.2) is 109 Å². The molecule has 302 valence electrons. The van der Waals surface area contributed by atoms with Gasteiger partial charge in [0.25, 0.3) is 5.91 Å². The first-order valence-corrected chi connectivity index (χ1v) is 21.5. The van der Waals surface area contributed by atoms with Gasteiger partial charge in [0.1, 0.15) is 23.4 Å². The van der Waals surface area contributed by atoms with Crippen LogP contribution in [0.1, 0.15) is 76.5 Å². The number of amides is 5. The van der Waals surface area contributed by atoms with Gasteiger partial charge in [0, 0.05) is 29.6 Å². The van der Waals surface area contributed by atoms with Crippen molar-refractivity contribution in [3.05, 3.63) is 54.3 Å². The zero-order chi connectivity index (χ0) is 39.8. The van der Waals surface area contributed by atoms with Crippen molar-refractivity contribution in [3.8, 4) is 5.75 Å². The first kappa shape index (κ1) is 39.7. The summed E-state index contributed by atoms with van der Waals surface area (Å²) in [6, 6.07) is 5.56. The Morgan fingerprint density at radius 3 is 2.55 bits per heavy atom. The van der Waals surface area contributed by atoms with Crippen LogP contribution in [0.25, 0.3) is 17.0 Å². The molecule has 56 heavy (non-hydrogen) atoms. The van der Waals surface area contributed by atoms with E-state index in [9.17, 15) is 27.6 Å². The normalized spacial score (nSPS) is 27.1. The van der Waals surface area contributed by atoms with E-state index in [-0.39, 0.29) is 42.8 Å². The van der Waals surface area contributed by atoms with E-state index in [1.807, 2.05) is 30.4 Å². The summed E-state index contributed by atoms with van der Waals surface area (Å²) >= 11 is 0. The van der Waals surface area contributed by atoms with E-state index in [2.05, 4.69) is 28.0 Å².